The third-order valence-electron chi connectivity index (χ3n) is 7.48. The van der Waals surface area contributed by atoms with Crippen molar-refractivity contribution in [2.24, 2.45) is 0 Å². The Labute approximate surface area is 218 Å². The third-order valence-corrected chi connectivity index (χ3v) is 7.48. The second-order valence-electron chi connectivity index (χ2n) is 9.98. The predicted molar refractivity (Wildman–Crippen MR) is 150 cm³/mol. The Bertz CT molecular complexity index is 1340. The summed E-state index contributed by atoms with van der Waals surface area (Å²) in [6.07, 6.45) is 8.46. The molecule has 1 saturated carbocycles. The monoisotopic (exact) mass is 493 g/mol. The van der Waals surface area contributed by atoms with Crippen molar-refractivity contribution < 1.29 is 9.59 Å². The number of para-hydroxylation sites is 2. The van der Waals surface area contributed by atoms with Crippen molar-refractivity contribution in [2.45, 2.75) is 64.0 Å². The topological polar surface area (TPSA) is 65.2 Å². The molecule has 5 nitrogen and oxygen atoms in total. The zero-order chi connectivity index (χ0) is 25.6. The molecule has 0 spiro atoms. The summed E-state index contributed by atoms with van der Waals surface area (Å²) in [5.74, 6) is -0.230. The minimum atomic E-state index is -0.757. The highest BCUT2D eigenvalue weighted by molar-refractivity contribution is 6.03. The number of aryl methyl sites for hydroxylation is 1. The molecule has 5 rings (SSSR count). The smallest absolute Gasteiger partial charge is 0.248 e. The van der Waals surface area contributed by atoms with Gasteiger partial charge in [-0.05, 0) is 54.2 Å². The zero-order valence-corrected chi connectivity index (χ0v) is 21.5. The van der Waals surface area contributed by atoms with Crippen LogP contribution in [0.2, 0.25) is 0 Å². The van der Waals surface area contributed by atoms with Crippen LogP contribution in [0.15, 0.2) is 85.1 Å². The number of amides is 2. The lowest BCUT2D eigenvalue weighted by molar-refractivity contribution is -0.127. The first-order valence-corrected chi connectivity index (χ1v) is 13.5. The van der Waals surface area contributed by atoms with E-state index in [9.17, 15) is 9.59 Å². The van der Waals surface area contributed by atoms with Gasteiger partial charge in [-0.1, -0.05) is 86.8 Å². The summed E-state index contributed by atoms with van der Waals surface area (Å²) >= 11 is 0. The van der Waals surface area contributed by atoms with E-state index in [0.29, 0.717) is 0 Å². The molecule has 1 unspecified atom stereocenters. The number of carbonyl (C=O) groups excluding carboxylic acids is 2. The van der Waals surface area contributed by atoms with Crippen LogP contribution in [0.1, 0.15) is 61.8 Å². The average molecular weight is 494 g/mol. The number of aromatic amines is 1. The standard InChI is InChI=1S/C32H35N3O2/c1-2-23-17-19-24(20-18-23)31(32(37)34-26-11-5-3-6-12-26)35(27-13-7-4-8-14-27)30(36)21-25-22-33-29-16-10-9-15-28(25)29/h4,7-10,13-20,22,26,31,33H,2-3,5-6,11-12,21H2,1H3,(H,34,37). The molecular weight excluding hydrogens is 458 g/mol. The Kier molecular flexibility index (Phi) is 7.69. The molecule has 2 amide bonds. The van der Waals surface area contributed by atoms with Gasteiger partial charge < -0.3 is 10.3 Å². The van der Waals surface area contributed by atoms with E-state index in [1.54, 1.807) is 4.90 Å². The third kappa shape index (κ3) is 5.61. The van der Waals surface area contributed by atoms with Gasteiger partial charge in [0, 0.05) is 28.8 Å². The first-order chi connectivity index (χ1) is 18.1. The molecule has 4 aromatic rings. The molecule has 0 radical (unpaired) electrons. The van der Waals surface area contributed by atoms with Gasteiger partial charge in [0.05, 0.1) is 6.42 Å². The van der Waals surface area contributed by atoms with Crippen LogP contribution < -0.4 is 10.2 Å². The van der Waals surface area contributed by atoms with Crippen molar-refractivity contribution >= 4 is 28.4 Å². The molecule has 1 atom stereocenters. The van der Waals surface area contributed by atoms with Crippen LogP contribution in [0.5, 0.6) is 0 Å². The highest BCUT2D eigenvalue weighted by atomic mass is 16.2. The summed E-state index contributed by atoms with van der Waals surface area (Å²) < 4.78 is 0. The second kappa shape index (κ2) is 11.5. The fourth-order valence-corrected chi connectivity index (χ4v) is 5.43. The lowest BCUT2D eigenvalue weighted by Crippen LogP contribution is -2.47. The normalized spacial score (nSPS) is 14.8. The van der Waals surface area contributed by atoms with E-state index in [4.69, 9.17) is 0 Å². The van der Waals surface area contributed by atoms with Gasteiger partial charge >= 0.3 is 0 Å². The molecule has 2 N–H and O–H groups in total. The van der Waals surface area contributed by atoms with Crippen LogP contribution in [0.25, 0.3) is 10.9 Å². The quantitative estimate of drug-likeness (QED) is 0.294. The van der Waals surface area contributed by atoms with Crippen LogP contribution in [-0.2, 0) is 22.4 Å². The number of H-pyrrole nitrogens is 1. The Balaban J connectivity index is 1.54. The van der Waals surface area contributed by atoms with Crippen LogP contribution >= 0.6 is 0 Å². The van der Waals surface area contributed by atoms with Crippen molar-refractivity contribution in [1.29, 1.82) is 0 Å². The number of carbonyl (C=O) groups is 2. The number of hydrogen-bond acceptors (Lipinski definition) is 2. The molecule has 1 aliphatic rings. The van der Waals surface area contributed by atoms with Crippen molar-refractivity contribution in [3.63, 3.8) is 0 Å². The Hall–Kier alpha value is -3.86. The van der Waals surface area contributed by atoms with E-state index in [0.717, 1.165) is 59.8 Å². The molecular formula is C32H35N3O2. The maximum absolute atomic E-state index is 14.1. The van der Waals surface area contributed by atoms with Crippen LogP contribution in [0.3, 0.4) is 0 Å². The van der Waals surface area contributed by atoms with Gasteiger partial charge in [0.25, 0.3) is 0 Å². The van der Waals surface area contributed by atoms with Crippen molar-refractivity contribution in [1.82, 2.24) is 10.3 Å². The summed E-state index contributed by atoms with van der Waals surface area (Å²) in [4.78, 5) is 33.1. The number of nitrogens with one attached hydrogen (secondary N) is 2. The molecule has 5 heteroatoms. The summed E-state index contributed by atoms with van der Waals surface area (Å²) in [6.45, 7) is 2.11. The number of fused-ring (bicyclic) bond motifs is 1. The molecule has 1 aromatic heterocycles. The Morgan fingerprint density at radius 1 is 0.919 bits per heavy atom. The minimum absolute atomic E-state index is 0.112. The minimum Gasteiger partial charge on any atom is -0.361 e. The summed E-state index contributed by atoms with van der Waals surface area (Å²) in [6, 6.07) is 25.1. The molecule has 0 bridgehead atoms. The average Bonchev–Trinajstić information content (AvgIpc) is 3.35. The first-order valence-electron chi connectivity index (χ1n) is 13.5. The van der Waals surface area contributed by atoms with Gasteiger partial charge in [0.15, 0.2) is 0 Å². The lowest BCUT2D eigenvalue weighted by atomic mass is 9.94. The number of aromatic nitrogens is 1. The maximum atomic E-state index is 14.1. The predicted octanol–water partition coefficient (Wildman–Crippen LogP) is 6.50. The van der Waals surface area contributed by atoms with E-state index in [-0.39, 0.29) is 24.3 Å². The van der Waals surface area contributed by atoms with Crippen LogP contribution in [0, 0.1) is 0 Å². The van der Waals surface area contributed by atoms with Crippen LogP contribution in [-0.4, -0.2) is 22.8 Å². The molecule has 1 aliphatic carbocycles. The van der Waals surface area contributed by atoms with Crippen molar-refractivity contribution in [3.05, 3.63) is 102 Å². The fourth-order valence-electron chi connectivity index (χ4n) is 5.43. The van der Waals surface area contributed by atoms with Crippen LogP contribution in [0.4, 0.5) is 5.69 Å². The van der Waals surface area contributed by atoms with Crippen molar-refractivity contribution in [3.8, 4) is 0 Å². The van der Waals surface area contributed by atoms with E-state index >= 15 is 0 Å². The number of anilines is 1. The number of hydrogen-bond donors (Lipinski definition) is 2. The summed E-state index contributed by atoms with van der Waals surface area (Å²) in [5.41, 5.74) is 4.66. The van der Waals surface area contributed by atoms with E-state index in [2.05, 4.69) is 29.4 Å². The fraction of sp³-hybridized carbons (Fsp3) is 0.312. The number of rotatable bonds is 8. The molecule has 0 aliphatic heterocycles. The molecule has 190 valence electrons. The Morgan fingerprint density at radius 2 is 1.62 bits per heavy atom. The zero-order valence-electron chi connectivity index (χ0n) is 21.5. The van der Waals surface area contributed by atoms with E-state index < -0.39 is 6.04 Å². The Morgan fingerprint density at radius 3 is 2.35 bits per heavy atom. The van der Waals surface area contributed by atoms with Gasteiger partial charge in [-0.15, -0.1) is 0 Å². The summed E-state index contributed by atoms with van der Waals surface area (Å²) in [7, 11) is 0. The summed E-state index contributed by atoms with van der Waals surface area (Å²) in [5, 5.41) is 4.33. The lowest BCUT2D eigenvalue weighted by Gasteiger charge is -2.33. The van der Waals surface area contributed by atoms with Gasteiger partial charge in [0.1, 0.15) is 6.04 Å². The highest BCUT2D eigenvalue weighted by Gasteiger charge is 2.34. The van der Waals surface area contributed by atoms with Crippen molar-refractivity contribution in [2.75, 3.05) is 4.90 Å². The first kappa shape index (κ1) is 24.8. The molecule has 1 fully saturated rings. The molecule has 0 saturated heterocycles. The van der Waals surface area contributed by atoms with Gasteiger partial charge in [-0.2, -0.15) is 0 Å². The SMILES string of the molecule is CCc1ccc(C(C(=O)NC2CCCCC2)N(C(=O)Cc2c[nH]c3ccccc23)c2ccccc2)cc1. The molecule has 1 heterocycles. The van der Waals surface area contributed by atoms with Gasteiger partial charge in [-0.3, -0.25) is 14.5 Å². The van der Waals surface area contributed by atoms with Gasteiger partial charge in [0.2, 0.25) is 11.8 Å². The number of benzene rings is 3. The van der Waals surface area contributed by atoms with Gasteiger partial charge in [-0.25, -0.2) is 0 Å². The molecule has 37 heavy (non-hydrogen) atoms. The van der Waals surface area contributed by atoms with E-state index in [1.165, 1.54) is 12.0 Å². The van der Waals surface area contributed by atoms with E-state index in [1.807, 2.05) is 72.9 Å². The largest absolute Gasteiger partial charge is 0.361 e. The number of nitrogens with zero attached hydrogens (tertiary/aromatic N) is 1. The maximum Gasteiger partial charge on any atom is 0.248 e. The highest BCUT2D eigenvalue weighted by Crippen LogP contribution is 2.31. The second-order valence-corrected chi connectivity index (χ2v) is 9.98. The molecule has 3 aromatic carbocycles.